The van der Waals surface area contributed by atoms with Gasteiger partial charge in [0.15, 0.2) is 11.5 Å². The standard InChI is InChI=1S/C18H18N2O4S/c1-11(2)20-17(21)16-13(5-8-25-16)19(18(20)22)10-12-3-4-14-15(9-12)24-7-6-23-14/h3-5,8-9,11H,6-7,10H2,1-2H3. The maximum absolute atomic E-state index is 12.9. The van der Waals surface area contributed by atoms with Gasteiger partial charge in [-0.2, -0.15) is 0 Å². The van der Waals surface area contributed by atoms with E-state index in [1.807, 2.05) is 43.5 Å². The van der Waals surface area contributed by atoms with Crippen molar-refractivity contribution in [1.82, 2.24) is 9.13 Å². The molecule has 1 aliphatic rings. The van der Waals surface area contributed by atoms with E-state index in [9.17, 15) is 9.59 Å². The zero-order chi connectivity index (χ0) is 17.6. The molecule has 0 aliphatic carbocycles. The fourth-order valence-electron chi connectivity index (χ4n) is 3.08. The second kappa shape index (κ2) is 6.07. The van der Waals surface area contributed by atoms with Crippen molar-refractivity contribution in [1.29, 1.82) is 0 Å². The highest BCUT2D eigenvalue weighted by molar-refractivity contribution is 7.17. The van der Waals surface area contributed by atoms with Gasteiger partial charge in [0.05, 0.1) is 12.1 Å². The molecular weight excluding hydrogens is 340 g/mol. The van der Waals surface area contributed by atoms with Gasteiger partial charge in [-0.1, -0.05) is 6.07 Å². The second-order valence-corrected chi connectivity index (χ2v) is 7.17. The van der Waals surface area contributed by atoms with Crippen molar-refractivity contribution >= 4 is 21.6 Å². The molecule has 1 aliphatic heterocycles. The van der Waals surface area contributed by atoms with Crippen LogP contribution in [0.2, 0.25) is 0 Å². The minimum absolute atomic E-state index is 0.196. The van der Waals surface area contributed by atoms with Crippen molar-refractivity contribution in [3.63, 3.8) is 0 Å². The number of benzene rings is 1. The van der Waals surface area contributed by atoms with Gasteiger partial charge in [-0.05, 0) is 43.0 Å². The van der Waals surface area contributed by atoms with Crippen LogP contribution in [0.4, 0.5) is 0 Å². The Hall–Kier alpha value is -2.54. The van der Waals surface area contributed by atoms with Gasteiger partial charge < -0.3 is 9.47 Å². The number of nitrogens with zero attached hydrogens (tertiary/aromatic N) is 2. The van der Waals surface area contributed by atoms with Crippen molar-refractivity contribution < 1.29 is 9.47 Å². The third-order valence-corrected chi connectivity index (χ3v) is 5.14. The van der Waals surface area contributed by atoms with Gasteiger partial charge in [-0.3, -0.25) is 13.9 Å². The lowest BCUT2D eigenvalue weighted by molar-refractivity contribution is 0.171. The summed E-state index contributed by atoms with van der Waals surface area (Å²) in [4.78, 5) is 25.5. The molecule has 6 nitrogen and oxygen atoms in total. The fraction of sp³-hybridized carbons (Fsp3) is 0.333. The summed E-state index contributed by atoms with van der Waals surface area (Å²) in [5.41, 5.74) is 1.09. The predicted molar refractivity (Wildman–Crippen MR) is 97.3 cm³/mol. The summed E-state index contributed by atoms with van der Waals surface area (Å²) in [7, 11) is 0. The van der Waals surface area contributed by atoms with E-state index in [2.05, 4.69) is 0 Å². The number of ether oxygens (including phenoxy) is 2. The highest BCUT2D eigenvalue weighted by Crippen LogP contribution is 2.31. The molecule has 3 aromatic rings. The van der Waals surface area contributed by atoms with Crippen molar-refractivity contribution in [2.75, 3.05) is 13.2 Å². The lowest BCUT2D eigenvalue weighted by Crippen LogP contribution is -2.40. The smallest absolute Gasteiger partial charge is 0.332 e. The van der Waals surface area contributed by atoms with E-state index in [-0.39, 0.29) is 17.3 Å². The lowest BCUT2D eigenvalue weighted by atomic mass is 10.2. The van der Waals surface area contributed by atoms with Crippen LogP contribution in [0.15, 0.2) is 39.2 Å². The predicted octanol–water partition coefficient (Wildman–Crippen LogP) is 2.63. The average molecular weight is 358 g/mol. The molecule has 0 radical (unpaired) electrons. The summed E-state index contributed by atoms with van der Waals surface area (Å²) in [5.74, 6) is 1.41. The lowest BCUT2D eigenvalue weighted by Gasteiger charge is -2.19. The molecule has 0 bridgehead atoms. The van der Waals surface area contributed by atoms with Gasteiger partial charge in [0.2, 0.25) is 0 Å². The SMILES string of the molecule is CC(C)n1c(=O)c2sccc2n(Cc2ccc3c(c2)OCCO3)c1=O. The van der Waals surface area contributed by atoms with E-state index in [0.29, 0.717) is 35.7 Å². The van der Waals surface area contributed by atoms with Crippen LogP contribution in [0.1, 0.15) is 25.5 Å². The van der Waals surface area contributed by atoms with Gasteiger partial charge in [0.25, 0.3) is 5.56 Å². The van der Waals surface area contributed by atoms with Crippen molar-refractivity contribution in [3.8, 4) is 11.5 Å². The van der Waals surface area contributed by atoms with Crippen LogP contribution in [-0.4, -0.2) is 22.3 Å². The molecule has 0 saturated carbocycles. The maximum atomic E-state index is 12.9. The van der Waals surface area contributed by atoms with E-state index in [1.54, 1.807) is 4.57 Å². The molecule has 7 heteroatoms. The number of fused-ring (bicyclic) bond motifs is 2. The zero-order valence-electron chi connectivity index (χ0n) is 14.0. The Labute approximate surface area is 147 Å². The van der Waals surface area contributed by atoms with Crippen molar-refractivity contribution in [2.45, 2.75) is 26.4 Å². The first kappa shape index (κ1) is 16.0. The number of hydrogen-bond donors (Lipinski definition) is 0. The van der Waals surface area contributed by atoms with Gasteiger partial charge in [-0.15, -0.1) is 11.3 Å². The molecular formula is C18H18N2O4S. The van der Waals surface area contributed by atoms with E-state index < -0.39 is 0 Å². The third-order valence-electron chi connectivity index (χ3n) is 4.25. The van der Waals surface area contributed by atoms with Gasteiger partial charge in [0.1, 0.15) is 17.9 Å². The molecule has 0 saturated heterocycles. The fourth-order valence-corrected chi connectivity index (χ4v) is 3.91. The first-order valence-corrected chi connectivity index (χ1v) is 9.05. The third kappa shape index (κ3) is 2.64. The Morgan fingerprint density at radius 3 is 2.64 bits per heavy atom. The normalized spacial score (nSPS) is 13.6. The molecule has 0 unspecified atom stereocenters. The first-order valence-electron chi connectivity index (χ1n) is 8.17. The molecule has 0 fully saturated rings. The minimum atomic E-state index is -0.291. The molecule has 4 rings (SSSR count). The average Bonchev–Trinajstić information content (AvgIpc) is 3.08. The molecule has 0 amide bonds. The summed E-state index contributed by atoms with van der Waals surface area (Å²) in [6.07, 6.45) is 0. The van der Waals surface area contributed by atoms with Crippen LogP contribution in [0, 0.1) is 0 Å². The number of rotatable bonds is 3. The summed E-state index contributed by atoms with van der Waals surface area (Å²) in [6.45, 7) is 5.12. The summed E-state index contributed by atoms with van der Waals surface area (Å²) in [6, 6.07) is 7.30. The molecule has 0 atom stereocenters. The second-order valence-electron chi connectivity index (χ2n) is 6.25. The maximum Gasteiger partial charge on any atom is 0.332 e. The topological polar surface area (TPSA) is 62.5 Å². The highest BCUT2D eigenvalue weighted by Gasteiger charge is 2.17. The largest absolute Gasteiger partial charge is 0.486 e. The Morgan fingerprint density at radius 1 is 1.12 bits per heavy atom. The quantitative estimate of drug-likeness (QED) is 0.722. The highest BCUT2D eigenvalue weighted by atomic mass is 32.1. The Morgan fingerprint density at radius 2 is 1.88 bits per heavy atom. The Balaban J connectivity index is 1.86. The van der Waals surface area contributed by atoms with Gasteiger partial charge in [0, 0.05) is 6.04 Å². The molecule has 25 heavy (non-hydrogen) atoms. The zero-order valence-corrected chi connectivity index (χ0v) is 14.8. The van der Waals surface area contributed by atoms with Crippen LogP contribution in [0.25, 0.3) is 10.2 Å². The summed E-state index contributed by atoms with van der Waals surface area (Å²) < 4.78 is 14.7. The van der Waals surface area contributed by atoms with E-state index in [0.717, 1.165) is 11.3 Å². The first-order chi connectivity index (χ1) is 12.1. The molecule has 0 N–H and O–H groups in total. The van der Waals surface area contributed by atoms with Gasteiger partial charge in [-0.25, -0.2) is 4.79 Å². The van der Waals surface area contributed by atoms with Crippen LogP contribution < -0.4 is 20.7 Å². The Kier molecular flexibility index (Phi) is 3.88. The molecule has 0 spiro atoms. The molecule has 1 aromatic carbocycles. The Bertz CT molecular complexity index is 1060. The van der Waals surface area contributed by atoms with E-state index in [4.69, 9.17) is 9.47 Å². The number of hydrogen-bond acceptors (Lipinski definition) is 5. The summed E-state index contributed by atoms with van der Waals surface area (Å²) >= 11 is 1.36. The van der Waals surface area contributed by atoms with E-state index in [1.165, 1.54) is 15.9 Å². The molecule has 2 aromatic heterocycles. The van der Waals surface area contributed by atoms with Crippen LogP contribution in [0.3, 0.4) is 0 Å². The monoisotopic (exact) mass is 358 g/mol. The van der Waals surface area contributed by atoms with E-state index >= 15 is 0 Å². The van der Waals surface area contributed by atoms with Crippen molar-refractivity contribution in [3.05, 3.63) is 56.0 Å². The number of aromatic nitrogens is 2. The van der Waals surface area contributed by atoms with Gasteiger partial charge >= 0.3 is 5.69 Å². The van der Waals surface area contributed by atoms with Crippen molar-refractivity contribution in [2.24, 2.45) is 0 Å². The molecule has 3 heterocycles. The molecule has 130 valence electrons. The van der Waals surface area contributed by atoms with Crippen LogP contribution >= 0.6 is 11.3 Å². The van der Waals surface area contributed by atoms with Crippen LogP contribution in [0.5, 0.6) is 11.5 Å². The summed E-state index contributed by atoms with van der Waals surface area (Å²) in [5, 5.41) is 1.84. The minimum Gasteiger partial charge on any atom is -0.486 e. The number of thiophene rings is 1. The van der Waals surface area contributed by atoms with Crippen LogP contribution in [-0.2, 0) is 6.54 Å².